The summed E-state index contributed by atoms with van der Waals surface area (Å²) < 4.78 is 33.9. The van der Waals surface area contributed by atoms with E-state index in [1.165, 1.54) is 84.1 Å². The quantitative estimate of drug-likeness (QED) is 0.0644. The van der Waals surface area contributed by atoms with Crippen molar-refractivity contribution in [2.45, 2.75) is 117 Å². The highest BCUT2D eigenvalue weighted by Crippen LogP contribution is 2.36. The molecule has 6 rings (SSSR count). The number of hydrogen-bond acceptors (Lipinski definition) is 11. The standard InChI is InChI=1S/C33H52N2O4Si.C21H25BrN2O4.Br2.H3N/c1-8-11-16-40(17-12-9-2,18-13-10-3)28-19-25(4)32(39-7)29(22-28)33(36)34-24-35-15-14-26-20-30(37-5)31(38-6)21-27(26)23-35;1-13-7-16(22)10-17(20(13)28-4)21(25)23-12-24-6-5-14-8-18(26-2)19(27-3)9-15(14)11-24;1-2;/h19-22H,8-18,23-24H2,1-7H3,(H,34,36);7-10H,5-6,11-12H2,1-4H3,(H,23,25);;1H3/i;22-4;1-4;. The normalized spacial score (nSPS) is 13.1. The molecule has 2 aliphatic rings. The van der Waals surface area contributed by atoms with Crippen LogP contribution in [0.4, 0.5) is 0 Å². The first-order valence-electron chi connectivity index (χ1n) is 24.5. The smallest absolute Gasteiger partial charge is 0.256 e. The van der Waals surface area contributed by atoms with Crippen molar-refractivity contribution < 1.29 is 38.0 Å². The Kier molecular flexibility index (Phi) is 26.8. The Morgan fingerprint density at radius 1 is 0.563 bits per heavy atom. The van der Waals surface area contributed by atoms with Gasteiger partial charge < -0.3 is 45.2 Å². The van der Waals surface area contributed by atoms with Gasteiger partial charge in [0, 0.05) is 58.9 Å². The van der Waals surface area contributed by atoms with E-state index in [0.717, 1.165) is 77.6 Å². The second kappa shape index (κ2) is 31.0. The molecular formula is C54H80Br3N5O8Si. The molecule has 0 radical (unpaired) electrons. The first-order chi connectivity index (χ1) is 33.8. The van der Waals surface area contributed by atoms with E-state index in [4.69, 9.17) is 28.4 Å². The van der Waals surface area contributed by atoms with Crippen LogP contribution in [-0.2, 0) is 25.9 Å². The predicted octanol–water partition coefficient (Wildman–Crippen LogP) is 12.2. The lowest BCUT2D eigenvalue weighted by molar-refractivity contribution is 0.0906. The Hall–Kier alpha value is -3.84. The third-order valence-corrected chi connectivity index (χ3v) is 19.5. The van der Waals surface area contributed by atoms with Gasteiger partial charge in [-0.2, -0.15) is 0 Å². The molecule has 394 valence electrons. The van der Waals surface area contributed by atoms with Crippen LogP contribution in [0.1, 0.15) is 113 Å². The molecule has 4 aromatic carbocycles. The molecule has 13 nitrogen and oxygen atoms in total. The largest absolute Gasteiger partial charge is 0.496 e. The van der Waals surface area contributed by atoms with Crippen molar-refractivity contribution in [2.75, 3.05) is 69.1 Å². The van der Waals surface area contributed by atoms with E-state index >= 15 is 0 Å². The fourth-order valence-electron chi connectivity index (χ4n) is 9.75. The number of ether oxygens (including phenoxy) is 6. The molecule has 2 amide bonds. The van der Waals surface area contributed by atoms with Crippen LogP contribution < -0.4 is 50.4 Å². The number of carbonyl (C=O) groups is 2. The molecule has 0 bridgehead atoms. The van der Waals surface area contributed by atoms with Gasteiger partial charge in [-0.1, -0.05) is 105 Å². The van der Waals surface area contributed by atoms with Crippen molar-refractivity contribution in [1.29, 1.82) is 0 Å². The molecule has 0 aliphatic carbocycles. The fraction of sp³-hybridized carbons (Fsp3) is 0.519. The van der Waals surface area contributed by atoms with Gasteiger partial charge in [0.25, 0.3) is 11.8 Å². The monoisotopic (exact) mass is 1190 g/mol. The van der Waals surface area contributed by atoms with Gasteiger partial charge in [-0.05, 0) is 103 Å². The highest BCUT2D eigenvalue weighted by atomic mass is 80.1. The van der Waals surface area contributed by atoms with E-state index in [2.05, 4.69) is 117 Å². The summed E-state index contributed by atoms with van der Waals surface area (Å²) in [4.78, 5) is 30.9. The highest BCUT2D eigenvalue weighted by molar-refractivity contribution is 9.93. The first kappa shape index (κ1) is 61.5. The number of methoxy groups -OCH3 is 6. The van der Waals surface area contributed by atoms with Gasteiger partial charge in [-0.15, -0.1) is 0 Å². The van der Waals surface area contributed by atoms with E-state index in [-0.39, 0.29) is 18.0 Å². The third-order valence-electron chi connectivity index (χ3n) is 13.6. The molecular weight excluding hydrogens is 1110 g/mol. The van der Waals surface area contributed by atoms with Crippen LogP contribution in [0.3, 0.4) is 0 Å². The predicted molar refractivity (Wildman–Crippen MR) is 303 cm³/mol. The maximum absolute atomic E-state index is 13.7. The molecule has 2 heterocycles. The molecule has 0 aromatic heterocycles. The third kappa shape index (κ3) is 16.3. The number of nitrogens with one attached hydrogen (secondary N) is 2. The number of unbranched alkanes of at least 4 members (excludes halogenated alkanes) is 3. The van der Waals surface area contributed by atoms with Crippen LogP contribution in [0.25, 0.3) is 0 Å². The minimum absolute atomic E-state index is 0. The van der Waals surface area contributed by atoms with E-state index in [0.29, 0.717) is 36.0 Å². The summed E-state index contributed by atoms with van der Waals surface area (Å²) in [6, 6.07) is 20.4. The Morgan fingerprint density at radius 3 is 1.30 bits per heavy atom. The second-order valence-corrected chi connectivity index (χ2v) is 23.7. The summed E-state index contributed by atoms with van der Waals surface area (Å²) in [6.45, 7) is 15.1. The van der Waals surface area contributed by atoms with Crippen LogP contribution >= 0.6 is 44.2 Å². The summed E-state index contributed by atoms with van der Waals surface area (Å²) in [6.07, 6.45) is 9.24. The molecule has 17 heteroatoms. The average Bonchev–Trinajstić information content (AvgIpc) is 3.38. The number of aryl methyl sites for hydroxylation is 2. The lowest BCUT2D eigenvalue weighted by Gasteiger charge is -2.34. The minimum Gasteiger partial charge on any atom is -0.496 e. The highest BCUT2D eigenvalue weighted by Gasteiger charge is 2.35. The van der Waals surface area contributed by atoms with Gasteiger partial charge in [0.15, 0.2) is 23.0 Å². The number of carbonyl (C=O) groups excluding carboxylic acids is 2. The summed E-state index contributed by atoms with van der Waals surface area (Å²) in [7, 11) is 8.12. The van der Waals surface area contributed by atoms with Gasteiger partial charge in [0.05, 0.1) is 75.2 Å². The van der Waals surface area contributed by atoms with Gasteiger partial charge in [-0.25, -0.2) is 0 Å². The van der Waals surface area contributed by atoms with Crippen molar-refractivity contribution in [2.24, 2.45) is 0 Å². The average molecular weight is 1190 g/mol. The SMILES string of the molecule is Br[76Br].CCCC[Si](CCCC)(CCCC)c1cc(C)c(OC)c(C(=O)NCN2CCc3cc(OC)c(OC)cc3C2)c1.COc1cc2c(cc1OC)CN(CNC(=O)c1cc([76Br])cc(C)c1OC)CC2.N. The molecule has 5 N–H and O–H groups in total. The topological polar surface area (TPSA) is 155 Å². The van der Waals surface area contributed by atoms with Crippen LogP contribution in [0.5, 0.6) is 34.5 Å². The number of hydrogen-bond donors (Lipinski definition) is 3. The zero-order valence-electron chi connectivity index (χ0n) is 44.1. The molecule has 2 aliphatic heterocycles. The Labute approximate surface area is 449 Å². The zero-order valence-corrected chi connectivity index (χ0v) is 49.9. The van der Waals surface area contributed by atoms with Crippen molar-refractivity contribution in [1.82, 2.24) is 26.6 Å². The first-order valence-corrected chi connectivity index (χ1v) is 31.6. The van der Waals surface area contributed by atoms with Gasteiger partial charge in [-0.3, -0.25) is 19.4 Å². The van der Waals surface area contributed by atoms with Gasteiger partial charge in [0.2, 0.25) is 0 Å². The number of amides is 2. The number of benzene rings is 4. The van der Waals surface area contributed by atoms with E-state index in [1.54, 1.807) is 48.7 Å². The molecule has 0 spiro atoms. The molecule has 0 atom stereocenters. The van der Waals surface area contributed by atoms with Crippen molar-refractivity contribution in [3.8, 4) is 34.5 Å². The zero-order chi connectivity index (χ0) is 51.4. The molecule has 71 heavy (non-hydrogen) atoms. The molecule has 0 unspecified atom stereocenters. The van der Waals surface area contributed by atoms with E-state index < -0.39 is 8.07 Å². The molecule has 0 saturated heterocycles. The molecule has 0 saturated carbocycles. The van der Waals surface area contributed by atoms with Crippen molar-refractivity contribution >= 4 is 69.3 Å². The summed E-state index contributed by atoms with van der Waals surface area (Å²) in [5, 5.41) is 7.68. The van der Waals surface area contributed by atoms with Crippen LogP contribution in [0.15, 0.2) is 53.0 Å². The van der Waals surface area contributed by atoms with Gasteiger partial charge >= 0.3 is 0 Å². The molecule has 0 fully saturated rings. The summed E-state index contributed by atoms with van der Waals surface area (Å²) in [5.74, 6) is 4.08. The van der Waals surface area contributed by atoms with Crippen molar-refractivity contribution in [3.63, 3.8) is 0 Å². The lowest BCUT2D eigenvalue weighted by atomic mass is 9.99. The number of halogens is 3. The van der Waals surface area contributed by atoms with Crippen LogP contribution in [-0.4, -0.2) is 98.8 Å². The Morgan fingerprint density at radius 2 is 0.930 bits per heavy atom. The maximum atomic E-state index is 13.7. The summed E-state index contributed by atoms with van der Waals surface area (Å²) in [5.41, 5.74) is 8.12. The second-order valence-electron chi connectivity index (χ2n) is 18.2. The number of nitrogens with zero attached hydrogens (tertiary/aromatic N) is 2. The Bertz CT molecular complexity index is 2320. The molecule has 4 aromatic rings. The lowest BCUT2D eigenvalue weighted by Crippen LogP contribution is -2.48. The van der Waals surface area contributed by atoms with Gasteiger partial charge in [0.1, 0.15) is 11.5 Å². The Balaban J connectivity index is 0.000000377. The number of fused-ring (bicyclic) bond motifs is 2. The number of rotatable bonds is 22. The van der Waals surface area contributed by atoms with E-state index in [9.17, 15) is 9.59 Å². The fourth-order valence-corrected chi connectivity index (χ4v) is 16.0. The van der Waals surface area contributed by atoms with Crippen molar-refractivity contribution in [3.05, 3.63) is 97.5 Å². The minimum atomic E-state index is -1.76. The van der Waals surface area contributed by atoms with Crippen LogP contribution in [0, 0.1) is 13.8 Å². The van der Waals surface area contributed by atoms with E-state index in [1.807, 2.05) is 25.1 Å². The summed E-state index contributed by atoms with van der Waals surface area (Å²) >= 11 is 8.95. The maximum Gasteiger partial charge on any atom is 0.256 e. The van der Waals surface area contributed by atoms with Crippen LogP contribution in [0.2, 0.25) is 18.1 Å².